The van der Waals surface area contributed by atoms with Crippen molar-refractivity contribution in [2.24, 2.45) is 0 Å². The average molecular weight is 454 g/mol. The standard InChI is InChI=1S/C27H27N5O2/c1-19-9-7-15-31-17-21(30-26(19)31)18-34-25-13-6-3-10-22(25)27(33)28-14-8-16-32-20(2)29-23-11-4-5-12-24(23)32/h3-7,9-13,15,17H,8,14,16,18H2,1-2H3,(H,28,33). The van der Waals surface area contributed by atoms with Crippen LogP contribution in [0.1, 0.15) is 33.9 Å². The lowest BCUT2D eigenvalue weighted by Crippen LogP contribution is -2.26. The molecule has 1 amide bonds. The largest absolute Gasteiger partial charge is 0.486 e. The van der Waals surface area contributed by atoms with Crippen LogP contribution in [0, 0.1) is 13.8 Å². The summed E-state index contributed by atoms with van der Waals surface area (Å²) < 4.78 is 10.2. The van der Waals surface area contributed by atoms with Gasteiger partial charge in [-0.3, -0.25) is 4.79 Å². The number of aromatic nitrogens is 4. The number of hydrogen-bond acceptors (Lipinski definition) is 4. The van der Waals surface area contributed by atoms with Crippen molar-refractivity contribution in [1.82, 2.24) is 24.3 Å². The lowest BCUT2D eigenvalue weighted by molar-refractivity contribution is 0.0948. The number of fused-ring (bicyclic) bond motifs is 2. The minimum atomic E-state index is -0.145. The molecule has 0 bridgehead atoms. The molecule has 7 nitrogen and oxygen atoms in total. The lowest BCUT2D eigenvalue weighted by atomic mass is 10.2. The topological polar surface area (TPSA) is 73.5 Å². The molecule has 0 aliphatic heterocycles. The molecule has 0 saturated carbocycles. The van der Waals surface area contributed by atoms with Crippen LogP contribution in [0.15, 0.2) is 73.1 Å². The summed E-state index contributed by atoms with van der Waals surface area (Å²) in [6, 6.07) is 19.4. The van der Waals surface area contributed by atoms with E-state index >= 15 is 0 Å². The first kappa shape index (κ1) is 21.7. The maximum Gasteiger partial charge on any atom is 0.255 e. The smallest absolute Gasteiger partial charge is 0.255 e. The molecule has 0 fully saturated rings. The Morgan fingerprint density at radius 3 is 2.71 bits per heavy atom. The van der Waals surface area contributed by atoms with E-state index in [0.29, 0.717) is 24.5 Å². The number of nitrogens with zero attached hydrogens (tertiary/aromatic N) is 4. The van der Waals surface area contributed by atoms with Gasteiger partial charge in [0.25, 0.3) is 5.91 Å². The van der Waals surface area contributed by atoms with E-state index in [9.17, 15) is 4.79 Å². The van der Waals surface area contributed by atoms with E-state index in [0.717, 1.165) is 46.7 Å². The molecule has 7 heteroatoms. The molecule has 0 aliphatic carbocycles. The summed E-state index contributed by atoms with van der Waals surface area (Å²) in [5.41, 5.74) is 5.46. The van der Waals surface area contributed by atoms with E-state index in [-0.39, 0.29) is 5.91 Å². The monoisotopic (exact) mass is 453 g/mol. The molecule has 5 rings (SSSR count). The van der Waals surface area contributed by atoms with Gasteiger partial charge in [-0.05, 0) is 56.2 Å². The molecule has 5 aromatic rings. The van der Waals surface area contributed by atoms with Gasteiger partial charge in [-0.2, -0.15) is 0 Å². The van der Waals surface area contributed by atoms with Crippen molar-refractivity contribution in [3.8, 4) is 5.75 Å². The quantitative estimate of drug-likeness (QED) is 0.346. The summed E-state index contributed by atoms with van der Waals surface area (Å²) in [5, 5.41) is 3.02. The van der Waals surface area contributed by atoms with Gasteiger partial charge in [0.15, 0.2) is 0 Å². The molecule has 172 valence electrons. The number of aryl methyl sites for hydroxylation is 3. The first-order chi connectivity index (χ1) is 16.6. The number of benzene rings is 2. The van der Waals surface area contributed by atoms with Crippen LogP contribution in [0.25, 0.3) is 16.7 Å². The van der Waals surface area contributed by atoms with Gasteiger partial charge in [0.05, 0.1) is 22.3 Å². The number of ether oxygens (including phenoxy) is 1. The fraction of sp³-hybridized carbons (Fsp3) is 0.222. The summed E-state index contributed by atoms with van der Waals surface area (Å²) in [4.78, 5) is 22.1. The summed E-state index contributed by atoms with van der Waals surface area (Å²) in [7, 11) is 0. The minimum Gasteiger partial charge on any atom is -0.486 e. The van der Waals surface area contributed by atoms with Crippen LogP contribution in [-0.2, 0) is 13.2 Å². The highest BCUT2D eigenvalue weighted by Gasteiger charge is 2.13. The Balaban J connectivity index is 1.20. The van der Waals surface area contributed by atoms with Gasteiger partial charge in [-0.15, -0.1) is 0 Å². The van der Waals surface area contributed by atoms with E-state index in [2.05, 4.69) is 25.9 Å². The molecule has 0 unspecified atom stereocenters. The number of carbonyl (C=O) groups is 1. The van der Waals surface area contributed by atoms with E-state index in [1.54, 1.807) is 6.07 Å². The molecule has 34 heavy (non-hydrogen) atoms. The molecular formula is C27H27N5O2. The molecule has 2 aromatic carbocycles. The third kappa shape index (κ3) is 4.37. The van der Waals surface area contributed by atoms with Crippen molar-refractivity contribution in [1.29, 1.82) is 0 Å². The number of imidazole rings is 2. The molecule has 0 aliphatic rings. The van der Waals surface area contributed by atoms with Crippen molar-refractivity contribution in [2.45, 2.75) is 33.4 Å². The predicted octanol–water partition coefficient (Wildman–Crippen LogP) is 4.70. The van der Waals surface area contributed by atoms with Crippen LogP contribution in [0.5, 0.6) is 5.75 Å². The van der Waals surface area contributed by atoms with Crippen molar-refractivity contribution in [3.63, 3.8) is 0 Å². The first-order valence-corrected chi connectivity index (χ1v) is 11.5. The van der Waals surface area contributed by atoms with E-state index in [1.807, 2.05) is 79.2 Å². The van der Waals surface area contributed by atoms with Gasteiger partial charge in [0.2, 0.25) is 0 Å². The summed E-state index contributed by atoms with van der Waals surface area (Å²) in [6.07, 6.45) is 4.72. The summed E-state index contributed by atoms with van der Waals surface area (Å²) in [6.45, 7) is 5.68. The van der Waals surface area contributed by atoms with Gasteiger partial charge < -0.3 is 19.0 Å². The number of pyridine rings is 1. The summed E-state index contributed by atoms with van der Waals surface area (Å²) >= 11 is 0. The zero-order valence-electron chi connectivity index (χ0n) is 19.4. The highest BCUT2D eigenvalue weighted by atomic mass is 16.5. The van der Waals surface area contributed by atoms with Crippen LogP contribution in [0.2, 0.25) is 0 Å². The zero-order valence-corrected chi connectivity index (χ0v) is 19.4. The predicted molar refractivity (Wildman–Crippen MR) is 132 cm³/mol. The molecule has 3 aromatic heterocycles. The fourth-order valence-electron chi connectivity index (χ4n) is 4.22. The zero-order chi connectivity index (χ0) is 23.5. The Bertz CT molecular complexity index is 1470. The average Bonchev–Trinajstić information content (AvgIpc) is 3.41. The molecule has 0 saturated heterocycles. The second-order valence-electron chi connectivity index (χ2n) is 8.35. The maximum absolute atomic E-state index is 12.9. The van der Waals surface area contributed by atoms with E-state index < -0.39 is 0 Å². The number of hydrogen-bond donors (Lipinski definition) is 1. The van der Waals surface area contributed by atoms with Crippen molar-refractivity contribution in [3.05, 3.63) is 95.7 Å². The maximum atomic E-state index is 12.9. The molecule has 3 heterocycles. The van der Waals surface area contributed by atoms with Crippen LogP contribution in [0.3, 0.4) is 0 Å². The van der Waals surface area contributed by atoms with E-state index in [4.69, 9.17) is 4.74 Å². The number of nitrogens with one attached hydrogen (secondary N) is 1. The highest BCUT2D eigenvalue weighted by molar-refractivity contribution is 5.96. The van der Waals surface area contributed by atoms with Gasteiger partial charge in [0, 0.05) is 25.5 Å². The Morgan fingerprint density at radius 1 is 1.00 bits per heavy atom. The second-order valence-corrected chi connectivity index (χ2v) is 8.35. The highest BCUT2D eigenvalue weighted by Crippen LogP contribution is 2.20. The Kier molecular flexibility index (Phi) is 5.99. The molecule has 0 atom stereocenters. The number of para-hydroxylation sites is 3. The second kappa shape index (κ2) is 9.39. The number of rotatable bonds is 8. The van der Waals surface area contributed by atoms with Crippen LogP contribution < -0.4 is 10.1 Å². The van der Waals surface area contributed by atoms with Gasteiger partial charge in [-0.1, -0.05) is 30.3 Å². The number of amides is 1. The fourth-order valence-corrected chi connectivity index (χ4v) is 4.22. The lowest BCUT2D eigenvalue weighted by Gasteiger charge is -2.12. The van der Waals surface area contributed by atoms with Crippen LogP contribution >= 0.6 is 0 Å². The van der Waals surface area contributed by atoms with Crippen molar-refractivity contribution in [2.75, 3.05) is 6.54 Å². The minimum absolute atomic E-state index is 0.145. The number of carbonyl (C=O) groups excluding carboxylic acids is 1. The van der Waals surface area contributed by atoms with Gasteiger partial charge >= 0.3 is 0 Å². The van der Waals surface area contributed by atoms with Crippen molar-refractivity contribution < 1.29 is 9.53 Å². The third-order valence-electron chi connectivity index (χ3n) is 5.92. The van der Waals surface area contributed by atoms with Crippen LogP contribution in [-0.4, -0.2) is 31.4 Å². The first-order valence-electron chi connectivity index (χ1n) is 11.5. The van der Waals surface area contributed by atoms with Crippen molar-refractivity contribution >= 4 is 22.6 Å². The van der Waals surface area contributed by atoms with Crippen LogP contribution in [0.4, 0.5) is 0 Å². The Labute approximate surface area is 198 Å². The normalized spacial score (nSPS) is 11.2. The van der Waals surface area contributed by atoms with E-state index in [1.165, 1.54) is 0 Å². The Morgan fingerprint density at radius 2 is 1.82 bits per heavy atom. The molecule has 0 radical (unpaired) electrons. The SMILES string of the molecule is Cc1cccn2cc(COc3ccccc3C(=O)NCCCn3c(C)nc4ccccc43)nc12. The van der Waals surface area contributed by atoms with Gasteiger partial charge in [0.1, 0.15) is 23.8 Å². The Hall–Kier alpha value is -4.13. The molecular weight excluding hydrogens is 426 g/mol. The van der Waals surface area contributed by atoms with Gasteiger partial charge in [-0.25, -0.2) is 9.97 Å². The molecule has 1 N–H and O–H groups in total. The molecule has 0 spiro atoms. The summed E-state index contributed by atoms with van der Waals surface area (Å²) in [5.74, 6) is 1.38. The third-order valence-corrected chi connectivity index (χ3v) is 5.92.